The summed E-state index contributed by atoms with van der Waals surface area (Å²) < 4.78 is 0. The zero-order valence-corrected chi connectivity index (χ0v) is 21.1. The summed E-state index contributed by atoms with van der Waals surface area (Å²) in [6.07, 6.45) is 0. The fourth-order valence-corrected chi connectivity index (χ4v) is 0. The molecule has 0 saturated heterocycles. The molecule has 0 unspecified atom stereocenters. The van der Waals surface area contributed by atoms with Crippen LogP contribution in [-0.4, -0.2) is 0 Å². The Morgan fingerprint density at radius 1 is 1.00 bits per heavy atom. The van der Waals surface area contributed by atoms with Crippen LogP contribution in [-0.2, 0) is 97.8 Å². The van der Waals surface area contributed by atoms with Gasteiger partial charge in [-0.2, -0.15) is 0 Å². The minimum Gasteiger partial charge on any atom is 0 e. The van der Waals surface area contributed by atoms with E-state index in [2.05, 4.69) is 0 Å². The van der Waals surface area contributed by atoms with Crippen LogP contribution in [0.4, 0.5) is 0 Å². The zero-order valence-electron chi connectivity index (χ0n) is 3.25. The van der Waals surface area contributed by atoms with Gasteiger partial charge in [0.1, 0.15) is 0 Å². The molecule has 0 amide bonds. The van der Waals surface area contributed by atoms with Crippen LogP contribution in [0.3, 0.4) is 0 Å². The summed E-state index contributed by atoms with van der Waals surface area (Å²) >= 11 is 0. The quantitative estimate of drug-likeness (QED) is 0.301. The van der Waals surface area contributed by atoms with Gasteiger partial charge in [-0.25, -0.2) is 0 Å². The molecule has 0 aromatic rings. The molecule has 0 bridgehead atoms. The van der Waals surface area contributed by atoms with E-state index in [1.54, 1.807) is 0 Å². The smallest absolute Gasteiger partial charge is 0 e. The van der Waals surface area contributed by atoms with Crippen molar-refractivity contribution in [3.63, 3.8) is 0 Å². The average Bonchev–Trinajstić information content (AvgIpc) is 0. The molecule has 0 aliphatic heterocycles. The molecule has 3 radical (unpaired) electrons. The first kappa shape index (κ1) is 59.9. The van der Waals surface area contributed by atoms with Crippen molar-refractivity contribution in [2.45, 2.75) is 0 Å². The Balaban J connectivity index is 0. The molecular weight excluding hydrogens is 935 g/mol. The van der Waals surface area contributed by atoms with Crippen LogP contribution in [0.1, 0.15) is 0 Å². The second-order valence-corrected chi connectivity index (χ2v) is 0. The topological polar surface area (TPSA) is 0 Å². The molecule has 8 heavy (non-hydrogen) atoms. The van der Waals surface area contributed by atoms with Crippen LogP contribution in [0.5, 0.6) is 0 Å². The van der Waals surface area contributed by atoms with Crippen LogP contribution in [0.15, 0.2) is 0 Å². The molecule has 0 aromatic carbocycles. The fourth-order valence-electron chi connectivity index (χ4n) is 0. The number of rotatable bonds is 0. The van der Waals surface area contributed by atoms with Crippen LogP contribution >= 0.6 is 0 Å². The monoisotopic (exact) mass is 936 g/mol. The standard InChI is InChI=1S/Ag.Ce.Co.La.Mo.Ni.Sm.W. The van der Waals surface area contributed by atoms with Gasteiger partial charge in [0, 0.05) is 216 Å². The largest absolute Gasteiger partial charge is 0 e. The number of hydrogen-bond donors (Lipinski definition) is 0. The Hall–Kier alpha value is 7.03. The maximum Gasteiger partial charge on any atom is 0 e. The Kier molecular flexibility index (Phi) is 361. The van der Waals surface area contributed by atoms with E-state index in [-0.39, 0.29) is 216 Å². The third kappa shape index (κ3) is 38.2. The zero-order chi connectivity index (χ0) is 0. The molecule has 55 valence electrons. The van der Waals surface area contributed by atoms with Crippen molar-refractivity contribution in [2.75, 3.05) is 0 Å². The average molecular weight is 935 g/mol. The third-order valence-electron chi connectivity index (χ3n) is 0. The van der Waals surface area contributed by atoms with Gasteiger partial charge in [-0.1, -0.05) is 0 Å². The molecule has 0 aromatic heterocycles. The van der Waals surface area contributed by atoms with Gasteiger partial charge in [-0.15, -0.1) is 0 Å². The first-order chi connectivity index (χ1) is 0. The minimum atomic E-state index is 0. The molecule has 0 heterocycles. The molecular formula is AgCeCoLaMoNiSmW. The van der Waals surface area contributed by atoms with Gasteiger partial charge in [0.05, 0.1) is 0 Å². The summed E-state index contributed by atoms with van der Waals surface area (Å²) in [7, 11) is 0. The first-order valence-corrected chi connectivity index (χ1v) is 0. The molecule has 0 aliphatic carbocycles. The molecule has 0 saturated carbocycles. The predicted octanol–water partition coefficient (Wildman–Crippen LogP) is -0.0125. The minimum absolute atomic E-state index is 0. The summed E-state index contributed by atoms with van der Waals surface area (Å²) in [6, 6.07) is 0. The van der Waals surface area contributed by atoms with E-state index in [0.717, 1.165) is 0 Å². The van der Waals surface area contributed by atoms with Crippen LogP contribution in [0, 0.1) is 118 Å². The summed E-state index contributed by atoms with van der Waals surface area (Å²) in [6.45, 7) is 0. The maximum absolute atomic E-state index is 0. The van der Waals surface area contributed by atoms with E-state index in [1.165, 1.54) is 0 Å². The number of hydrogen-bond acceptors (Lipinski definition) is 0. The van der Waals surface area contributed by atoms with Crippen LogP contribution < -0.4 is 0 Å². The summed E-state index contributed by atoms with van der Waals surface area (Å²) in [5.74, 6) is 0. The van der Waals surface area contributed by atoms with Crippen molar-refractivity contribution in [3.05, 3.63) is 0 Å². The normalized spacial score (nSPS) is 0. The molecule has 0 aliphatic rings. The van der Waals surface area contributed by atoms with E-state index in [9.17, 15) is 0 Å². The van der Waals surface area contributed by atoms with Crippen molar-refractivity contribution in [1.29, 1.82) is 0 Å². The van der Waals surface area contributed by atoms with Gasteiger partial charge in [0.2, 0.25) is 0 Å². The van der Waals surface area contributed by atoms with E-state index >= 15 is 0 Å². The molecule has 0 rings (SSSR count). The third-order valence-corrected chi connectivity index (χ3v) is 0. The summed E-state index contributed by atoms with van der Waals surface area (Å²) in [5, 5.41) is 0. The van der Waals surface area contributed by atoms with Crippen molar-refractivity contribution in [3.8, 4) is 0 Å². The molecule has 0 atom stereocenters. The maximum atomic E-state index is 0. The Morgan fingerprint density at radius 2 is 1.00 bits per heavy atom. The summed E-state index contributed by atoms with van der Waals surface area (Å²) in [5.41, 5.74) is 0. The van der Waals surface area contributed by atoms with E-state index in [4.69, 9.17) is 0 Å². The van der Waals surface area contributed by atoms with E-state index in [1.807, 2.05) is 0 Å². The van der Waals surface area contributed by atoms with Crippen LogP contribution in [0.2, 0.25) is 0 Å². The Bertz CT molecular complexity index is 24.0. The second-order valence-electron chi connectivity index (χ2n) is 0. The molecule has 0 spiro atoms. The van der Waals surface area contributed by atoms with Crippen LogP contribution in [0.25, 0.3) is 0 Å². The van der Waals surface area contributed by atoms with E-state index in [0.29, 0.717) is 0 Å². The van der Waals surface area contributed by atoms with Gasteiger partial charge < -0.3 is 0 Å². The van der Waals surface area contributed by atoms with Crippen molar-refractivity contribution in [1.82, 2.24) is 0 Å². The van der Waals surface area contributed by atoms with Crippen molar-refractivity contribution < 1.29 is 216 Å². The first-order valence-electron chi connectivity index (χ1n) is 0. The second kappa shape index (κ2) is 48.2. The fraction of sp³-hybridized carbons (Fsp3) is 0. The van der Waals surface area contributed by atoms with Crippen molar-refractivity contribution in [2.24, 2.45) is 0 Å². The molecule has 0 fully saturated rings. The van der Waals surface area contributed by atoms with Gasteiger partial charge in [-0.05, 0) is 0 Å². The van der Waals surface area contributed by atoms with Gasteiger partial charge in [0.25, 0.3) is 0 Å². The van der Waals surface area contributed by atoms with Crippen molar-refractivity contribution >= 4 is 0 Å². The molecule has 0 N–H and O–H groups in total. The Morgan fingerprint density at radius 3 is 1.00 bits per heavy atom. The molecule has 0 nitrogen and oxygen atoms in total. The Labute approximate surface area is 209 Å². The van der Waals surface area contributed by atoms with Gasteiger partial charge in [0.15, 0.2) is 0 Å². The van der Waals surface area contributed by atoms with Gasteiger partial charge in [-0.3, -0.25) is 0 Å². The van der Waals surface area contributed by atoms with E-state index < -0.39 is 0 Å². The van der Waals surface area contributed by atoms with Gasteiger partial charge >= 0.3 is 0 Å². The predicted molar refractivity (Wildman–Crippen MR) is 0 cm³/mol. The SMILES string of the molecule is [Ag].[Ce].[Co].[La].[Mo].[Ni].[Sm].[W]. The molecule has 8 heteroatoms. The summed E-state index contributed by atoms with van der Waals surface area (Å²) in [4.78, 5) is 0.